The van der Waals surface area contributed by atoms with Gasteiger partial charge in [-0.15, -0.1) is 0 Å². The molecule has 0 atom stereocenters. The first-order chi connectivity index (χ1) is 12.5. The van der Waals surface area contributed by atoms with Gasteiger partial charge in [0.05, 0.1) is 5.69 Å². The molecule has 26 heavy (non-hydrogen) atoms. The highest BCUT2D eigenvalue weighted by Gasteiger charge is 2.21. The summed E-state index contributed by atoms with van der Waals surface area (Å²) in [7, 11) is 1.48. The fourth-order valence-corrected chi connectivity index (χ4v) is 3.09. The number of anilines is 1. The van der Waals surface area contributed by atoms with E-state index in [9.17, 15) is 9.18 Å². The van der Waals surface area contributed by atoms with Gasteiger partial charge in [0.1, 0.15) is 5.56 Å². The zero-order valence-electron chi connectivity index (χ0n) is 15.2. The zero-order chi connectivity index (χ0) is 18.7. The Morgan fingerprint density at radius 1 is 1.35 bits per heavy atom. The molecule has 0 spiro atoms. The van der Waals surface area contributed by atoms with Gasteiger partial charge in [-0.2, -0.15) is 9.49 Å². The number of amides is 1. The number of nitrogens with one attached hydrogen (secondary N) is 1. The molecular formula is C21H22FN3O. The average Bonchev–Trinajstić information content (AvgIpc) is 2.88. The van der Waals surface area contributed by atoms with Crippen LogP contribution in [0.1, 0.15) is 41.4 Å². The van der Waals surface area contributed by atoms with E-state index < -0.39 is 11.9 Å². The van der Waals surface area contributed by atoms with Crippen molar-refractivity contribution in [3.8, 4) is 0 Å². The van der Waals surface area contributed by atoms with E-state index in [2.05, 4.69) is 35.6 Å². The summed E-state index contributed by atoms with van der Waals surface area (Å²) in [5.41, 5.74) is 4.23. The maximum atomic E-state index is 14.2. The van der Waals surface area contributed by atoms with Crippen LogP contribution in [-0.2, 0) is 7.05 Å². The molecule has 0 unspecified atom stereocenters. The highest BCUT2D eigenvalue weighted by molar-refractivity contribution is 6.06. The Bertz CT molecular complexity index is 935. The molecule has 1 heterocycles. The first-order valence-electron chi connectivity index (χ1n) is 8.68. The number of benzene rings is 1. The highest BCUT2D eigenvalue weighted by Crippen LogP contribution is 2.30. The summed E-state index contributed by atoms with van der Waals surface area (Å²) in [5.74, 6) is -1.13. The van der Waals surface area contributed by atoms with E-state index in [1.807, 2.05) is 30.3 Å². The van der Waals surface area contributed by atoms with Crippen LogP contribution in [0, 0.1) is 12.9 Å². The molecule has 3 rings (SSSR count). The van der Waals surface area contributed by atoms with Crippen LogP contribution in [0.15, 0.2) is 54.1 Å². The molecule has 0 bridgehead atoms. The molecule has 1 aromatic carbocycles. The summed E-state index contributed by atoms with van der Waals surface area (Å²) in [6.45, 7) is 3.74. The average molecular weight is 351 g/mol. The standard InChI is InChI=1S/C21H22FN3O/c1-4-7-15-10-12-16(13-11-15)17-8-5-6-9-18(17)23-21(26)19-14(2)24-25(3)20(19)22/h5-10,12-13H,4,11H2,1-3H3,(H,23,26). The maximum absolute atomic E-state index is 14.2. The Hall–Kier alpha value is -2.95. The molecule has 1 aliphatic rings. The number of halogens is 1. The quantitative estimate of drug-likeness (QED) is 0.860. The van der Waals surface area contributed by atoms with E-state index in [0.29, 0.717) is 11.4 Å². The second kappa shape index (κ2) is 7.52. The van der Waals surface area contributed by atoms with Gasteiger partial charge in [-0.05, 0) is 37.0 Å². The first-order valence-corrected chi connectivity index (χ1v) is 8.68. The van der Waals surface area contributed by atoms with Crippen LogP contribution >= 0.6 is 0 Å². The summed E-state index contributed by atoms with van der Waals surface area (Å²) in [6.07, 6.45) is 10.4. The molecule has 0 saturated carbocycles. The summed E-state index contributed by atoms with van der Waals surface area (Å²) >= 11 is 0. The molecule has 2 aromatic rings. The summed E-state index contributed by atoms with van der Waals surface area (Å²) in [6, 6.07) is 7.55. The van der Waals surface area contributed by atoms with E-state index in [4.69, 9.17) is 0 Å². The van der Waals surface area contributed by atoms with Crippen molar-refractivity contribution in [3.63, 3.8) is 0 Å². The lowest BCUT2D eigenvalue weighted by Crippen LogP contribution is -2.15. The smallest absolute Gasteiger partial charge is 0.262 e. The predicted octanol–water partition coefficient (Wildman–Crippen LogP) is 4.80. The van der Waals surface area contributed by atoms with E-state index in [1.165, 1.54) is 12.6 Å². The van der Waals surface area contributed by atoms with Crippen LogP contribution in [0.4, 0.5) is 10.1 Å². The van der Waals surface area contributed by atoms with Crippen LogP contribution in [0.3, 0.4) is 0 Å². The Balaban J connectivity index is 1.88. The van der Waals surface area contributed by atoms with Crippen molar-refractivity contribution in [3.05, 3.63) is 76.9 Å². The van der Waals surface area contributed by atoms with Crippen molar-refractivity contribution in [1.29, 1.82) is 0 Å². The van der Waals surface area contributed by atoms with Gasteiger partial charge < -0.3 is 5.32 Å². The second-order valence-electron chi connectivity index (χ2n) is 6.26. The predicted molar refractivity (Wildman–Crippen MR) is 102 cm³/mol. The second-order valence-corrected chi connectivity index (χ2v) is 6.26. The third kappa shape index (κ3) is 3.52. The minimum Gasteiger partial charge on any atom is -0.321 e. The molecule has 1 aromatic heterocycles. The van der Waals surface area contributed by atoms with E-state index in [-0.39, 0.29) is 5.56 Å². The number of nitrogens with zero attached hydrogens (tertiary/aromatic N) is 2. The number of carbonyl (C=O) groups is 1. The van der Waals surface area contributed by atoms with Gasteiger partial charge in [0.25, 0.3) is 5.91 Å². The summed E-state index contributed by atoms with van der Waals surface area (Å²) in [4.78, 5) is 12.6. The van der Waals surface area contributed by atoms with Gasteiger partial charge in [0.15, 0.2) is 0 Å². The minimum absolute atomic E-state index is 0.0244. The number of para-hydroxylation sites is 1. The third-order valence-electron chi connectivity index (χ3n) is 4.37. The van der Waals surface area contributed by atoms with Gasteiger partial charge in [-0.1, -0.05) is 49.4 Å². The van der Waals surface area contributed by atoms with Crippen molar-refractivity contribution < 1.29 is 9.18 Å². The SMILES string of the molecule is CCC=C1C=CC(c2ccccc2NC(=O)c2c(C)nn(C)c2F)=CC1. The fourth-order valence-electron chi connectivity index (χ4n) is 3.09. The molecule has 1 amide bonds. The van der Waals surface area contributed by atoms with Gasteiger partial charge in [-0.25, -0.2) is 4.68 Å². The number of aromatic nitrogens is 2. The monoisotopic (exact) mass is 351 g/mol. The molecule has 4 nitrogen and oxygen atoms in total. The molecule has 0 saturated heterocycles. The normalized spacial score (nSPS) is 15.2. The number of rotatable bonds is 4. The summed E-state index contributed by atoms with van der Waals surface area (Å²) < 4.78 is 15.2. The van der Waals surface area contributed by atoms with Gasteiger partial charge in [0.2, 0.25) is 5.95 Å². The van der Waals surface area contributed by atoms with Gasteiger partial charge in [0, 0.05) is 18.3 Å². The van der Waals surface area contributed by atoms with Crippen molar-refractivity contribution in [1.82, 2.24) is 9.78 Å². The molecule has 0 aliphatic heterocycles. The topological polar surface area (TPSA) is 46.9 Å². The largest absolute Gasteiger partial charge is 0.321 e. The van der Waals surface area contributed by atoms with Crippen LogP contribution in [-0.4, -0.2) is 15.7 Å². The number of hydrogen-bond acceptors (Lipinski definition) is 2. The van der Waals surface area contributed by atoms with Crippen molar-refractivity contribution in [2.45, 2.75) is 26.7 Å². The fraction of sp³-hybridized carbons (Fsp3) is 0.238. The Morgan fingerprint density at radius 2 is 2.12 bits per heavy atom. The molecular weight excluding hydrogens is 329 g/mol. The third-order valence-corrected chi connectivity index (χ3v) is 4.37. The molecule has 5 heteroatoms. The molecule has 1 N–H and O–H groups in total. The van der Waals surface area contributed by atoms with Crippen LogP contribution < -0.4 is 5.32 Å². The Labute approximate surface area is 152 Å². The van der Waals surface area contributed by atoms with Crippen LogP contribution in [0.5, 0.6) is 0 Å². The summed E-state index contributed by atoms with van der Waals surface area (Å²) in [5, 5.41) is 6.80. The first kappa shape index (κ1) is 17.9. The molecule has 134 valence electrons. The van der Waals surface area contributed by atoms with Crippen molar-refractivity contribution in [2.75, 3.05) is 5.32 Å². The number of carbonyl (C=O) groups excluding carboxylic acids is 1. The highest BCUT2D eigenvalue weighted by atomic mass is 19.1. The zero-order valence-corrected chi connectivity index (χ0v) is 15.2. The number of aryl methyl sites for hydroxylation is 2. The molecule has 0 radical (unpaired) electrons. The minimum atomic E-state index is -0.636. The van der Waals surface area contributed by atoms with Crippen molar-refractivity contribution >= 4 is 17.2 Å². The lowest BCUT2D eigenvalue weighted by Gasteiger charge is -2.15. The Morgan fingerprint density at radius 3 is 2.73 bits per heavy atom. The van der Waals surface area contributed by atoms with Gasteiger partial charge >= 0.3 is 0 Å². The molecule has 0 fully saturated rings. The molecule has 1 aliphatic carbocycles. The number of allylic oxidation sites excluding steroid dienone is 6. The van der Waals surface area contributed by atoms with Crippen LogP contribution in [0.25, 0.3) is 5.57 Å². The number of hydrogen-bond donors (Lipinski definition) is 1. The lowest BCUT2D eigenvalue weighted by atomic mass is 9.95. The lowest BCUT2D eigenvalue weighted by molar-refractivity contribution is 0.102. The van der Waals surface area contributed by atoms with E-state index >= 15 is 0 Å². The Kier molecular flexibility index (Phi) is 5.16. The van der Waals surface area contributed by atoms with Gasteiger partial charge in [-0.3, -0.25) is 4.79 Å². The maximum Gasteiger partial charge on any atom is 0.262 e. The van der Waals surface area contributed by atoms with Crippen molar-refractivity contribution in [2.24, 2.45) is 7.05 Å². The van der Waals surface area contributed by atoms with E-state index in [1.54, 1.807) is 6.92 Å². The van der Waals surface area contributed by atoms with Crippen LogP contribution in [0.2, 0.25) is 0 Å². The van der Waals surface area contributed by atoms with E-state index in [0.717, 1.165) is 28.7 Å².